The molecule has 1 amide bonds. The minimum absolute atomic E-state index is 0.169. The second kappa shape index (κ2) is 5.59. The highest BCUT2D eigenvalue weighted by atomic mass is 16.6. The molecule has 0 saturated carbocycles. The minimum atomic E-state index is -0.584. The molecular weight excluding hydrogens is 250 g/mol. The number of aromatic nitrogens is 2. The first-order chi connectivity index (χ1) is 8.69. The molecule has 1 rings (SSSR count). The first-order valence-corrected chi connectivity index (χ1v) is 5.74. The number of hydrogen-bond donors (Lipinski definition) is 2. The van der Waals surface area contributed by atoms with Gasteiger partial charge in [0, 0.05) is 5.54 Å². The Morgan fingerprint density at radius 2 is 1.89 bits per heavy atom. The first kappa shape index (κ1) is 14.8. The number of nitrogens with zero attached hydrogens (tertiary/aromatic N) is 3. The molecule has 0 spiro atoms. The van der Waals surface area contributed by atoms with Crippen LogP contribution in [0.3, 0.4) is 0 Å². The summed E-state index contributed by atoms with van der Waals surface area (Å²) in [5, 5.41) is 16.0. The van der Waals surface area contributed by atoms with Crippen LogP contribution >= 0.6 is 0 Å². The Morgan fingerprint density at radius 1 is 1.37 bits per heavy atom. The zero-order valence-corrected chi connectivity index (χ0v) is 11.3. The van der Waals surface area contributed by atoms with Gasteiger partial charge in [-0.25, -0.2) is 9.97 Å². The summed E-state index contributed by atoms with van der Waals surface area (Å²) in [5.74, 6) is -0.0309. The summed E-state index contributed by atoms with van der Waals surface area (Å²) in [6.45, 7) is 7.28. The monoisotopic (exact) mass is 267 g/mol. The van der Waals surface area contributed by atoms with Crippen LogP contribution in [0.2, 0.25) is 0 Å². The Bertz CT molecular complexity index is 466. The number of rotatable bonds is 4. The molecule has 0 saturated heterocycles. The quantitative estimate of drug-likeness (QED) is 0.624. The molecule has 0 fully saturated rings. The van der Waals surface area contributed by atoms with Crippen LogP contribution in [0, 0.1) is 10.1 Å². The fraction of sp³-hybridized carbons (Fsp3) is 0.545. The molecule has 104 valence electrons. The van der Waals surface area contributed by atoms with E-state index in [-0.39, 0.29) is 23.1 Å². The molecule has 1 unspecified atom stereocenters. The number of carbonyl (C=O) groups excluding carboxylic acids is 1. The molecule has 1 aromatic rings. The van der Waals surface area contributed by atoms with E-state index in [0.29, 0.717) is 0 Å². The Kier molecular flexibility index (Phi) is 4.36. The summed E-state index contributed by atoms with van der Waals surface area (Å²) in [7, 11) is 0. The molecule has 0 aromatic carbocycles. The molecule has 1 atom stereocenters. The smallest absolute Gasteiger partial charge is 0.305 e. The van der Waals surface area contributed by atoms with E-state index in [2.05, 4.69) is 20.6 Å². The van der Waals surface area contributed by atoms with Gasteiger partial charge in [0.05, 0.1) is 4.92 Å². The van der Waals surface area contributed by atoms with E-state index in [1.165, 1.54) is 0 Å². The number of carbonyl (C=O) groups is 1. The van der Waals surface area contributed by atoms with E-state index in [9.17, 15) is 14.9 Å². The topological polar surface area (TPSA) is 110 Å². The van der Waals surface area contributed by atoms with E-state index in [1.54, 1.807) is 6.92 Å². The summed E-state index contributed by atoms with van der Waals surface area (Å²) in [4.78, 5) is 29.2. The summed E-state index contributed by atoms with van der Waals surface area (Å²) in [6, 6.07) is -0.541. The van der Waals surface area contributed by atoms with Crippen LogP contribution < -0.4 is 10.6 Å². The third-order valence-corrected chi connectivity index (χ3v) is 2.09. The van der Waals surface area contributed by atoms with Crippen molar-refractivity contribution in [3.63, 3.8) is 0 Å². The molecule has 0 bridgehead atoms. The number of anilines is 1. The van der Waals surface area contributed by atoms with Gasteiger partial charge >= 0.3 is 5.69 Å². The van der Waals surface area contributed by atoms with Crippen LogP contribution in [0.4, 0.5) is 11.6 Å². The lowest BCUT2D eigenvalue weighted by Gasteiger charge is -2.23. The number of nitrogens with one attached hydrogen (secondary N) is 2. The number of amides is 1. The van der Waals surface area contributed by atoms with Crippen LogP contribution in [-0.4, -0.2) is 32.4 Å². The van der Waals surface area contributed by atoms with Crippen LogP contribution in [0.1, 0.15) is 27.7 Å². The minimum Gasteiger partial charge on any atom is -0.350 e. The van der Waals surface area contributed by atoms with Gasteiger partial charge in [0.1, 0.15) is 18.4 Å². The second-order valence-electron chi connectivity index (χ2n) is 5.13. The van der Waals surface area contributed by atoms with Gasteiger partial charge in [0.2, 0.25) is 11.9 Å². The lowest BCUT2D eigenvalue weighted by atomic mass is 10.1. The largest absolute Gasteiger partial charge is 0.350 e. The van der Waals surface area contributed by atoms with Gasteiger partial charge in [-0.1, -0.05) is 0 Å². The molecule has 0 aliphatic rings. The van der Waals surface area contributed by atoms with Crippen molar-refractivity contribution in [2.75, 3.05) is 5.32 Å². The Hall–Kier alpha value is -2.25. The number of hydrogen-bond acceptors (Lipinski definition) is 6. The predicted octanol–water partition coefficient (Wildman–Crippen LogP) is 1.10. The van der Waals surface area contributed by atoms with Crippen molar-refractivity contribution in [1.82, 2.24) is 15.3 Å². The van der Waals surface area contributed by atoms with Crippen LogP contribution in [-0.2, 0) is 4.79 Å². The van der Waals surface area contributed by atoms with Crippen LogP contribution in [0.5, 0.6) is 0 Å². The fourth-order valence-corrected chi connectivity index (χ4v) is 1.23. The maximum atomic E-state index is 11.8. The predicted molar refractivity (Wildman–Crippen MR) is 69.7 cm³/mol. The van der Waals surface area contributed by atoms with Gasteiger partial charge < -0.3 is 10.6 Å². The zero-order chi connectivity index (χ0) is 14.6. The van der Waals surface area contributed by atoms with Crippen molar-refractivity contribution in [3.05, 3.63) is 22.5 Å². The van der Waals surface area contributed by atoms with Crippen molar-refractivity contribution < 1.29 is 9.72 Å². The van der Waals surface area contributed by atoms with Gasteiger partial charge in [-0.15, -0.1) is 0 Å². The first-order valence-electron chi connectivity index (χ1n) is 5.74. The van der Waals surface area contributed by atoms with Crippen molar-refractivity contribution in [2.45, 2.75) is 39.3 Å². The molecule has 1 heterocycles. The van der Waals surface area contributed by atoms with E-state index in [0.717, 1.165) is 12.4 Å². The molecule has 0 radical (unpaired) electrons. The third kappa shape index (κ3) is 4.86. The molecule has 1 aromatic heterocycles. The van der Waals surface area contributed by atoms with Gasteiger partial charge in [-0.05, 0) is 27.7 Å². The zero-order valence-electron chi connectivity index (χ0n) is 11.3. The molecule has 8 nitrogen and oxygen atoms in total. The Morgan fingerprint density at radius 3 is 2.32 bits per heavy atom. The highest BCUT2D eigenvalue weighted by Gasteiger charge is 2.19. The number of nitro groups is 1. The van der Waals surface area contributed by atoms with Gasteiger partial charge in [0.25, 0.3) is 0 Å². The molecule has 0 aliphatic carbocycles. The van der Waals surface area contributed by atoms with Crippen molar-refractivity contribution in [3.8, 4) is 0 Å². The average Bonchev–Trinajstić information content (AvgIpc) is 2.27. The molecule has 0 aliphatic heterocycles. The van der Waals surface area contributed by atoms with E-state index in [1.807, 2.05) is 20.8 Å². The maximum absolute atomic E-state index is 11.8. The van der Waals surface area contributed by atoms with Crippen molar-refractivity contribution in [1.29, 1.82) is 0 Å². The standard InChI is InChI=1S/C11H17N5O3/c1-7(9(17)15-11(2,3)4)14-10-12-5-8(6-13-10)16(18)19/h5-7H,1-4H3,(H,15,17)(H,12,13,14). The summed E-state index contributed by atoms with van der Waals surface area (Å²) < 4.78 is 0. The second-order valence-corrected chi connectivity index (χ2v) is 5.13. The molecule has 2 N–H and O–H groups in total. The molecular formula is C11H17N5O3. The normalized spacial score (nSPS) is 12.6. The van der Waals surface area contributed by atoms with Crippen molar-refractivity contribution >= 4 is 17.5 Å². The van der Waals surface area contributed by atoms with E-state index >= 15 is 0 Å². The highest BCUT2D eigenvalue weighted by molar-refractivity contribution is 5.84. The maximum Gasteiger partial charge on any atom is 0.305 e. The van der Waals surface area contributed by atoms with Gasteiger partial charge in [-0.2, -0.15) is 0 Å². The lowest BCUT2D eigenvalue weighted by Crippen LogP contribution is -2.47. The summed E-state index contributed by atoms with van der Waals surface area (Å²) in [5.41, 5.74) is -0.527. The highest BCUT2D eigenvalue weighted by Crippen LogP contribution is 2.09. The molecule has 19 heavy (non-hydrogen) atoms. The van der Waals surface area contributed by atoms with Crippen LogP contribution in [0.15, 0.2) is 12.4 Å². The van der Waals surface area contributed by atoms with Crippen LogP contribution in [0.25, 0.3) is 0 Å². The summed E-state index contributed by atoms with van der Waals surface area (Å²) in [6.07, 6.45) is 2.17. The van der Waals surface area contributed by atoms with E-state index in [4.69, 9.17) is 0 Å². The summed E-state index contributed by atoms with van der Waals surface area (Å²) >= 11 is 0. The van der Waals surface area contributed by atoms with E-state index < -0.39 is 11.0 Å². The van der Waals surface area contributed by atoms with Gasteiger partial charge in [0.15, 0.2) is 0 Å². The third-order valence-electron chi connectivity index (χ3n) is 2.09. The Balaban J connectivity index is 2.64. The average molecular weight is 267 g/mol. The lowest BCUT2D eigenvalue weighted by molar-refractivity contribution is -0.385. The Labute approximate surface area is 110 Å². The van der Waals surface area contributed by atoms with Crippen molar-refractivity contribution in [2.24, 2.45) is 0 Å². The fourth-order valence-electron chi connectivity index (χ4n) is 1.23. The molecule has 8 heteroatoms. The van der Waals surface area contributed by atoms with Gasteiger partial charge in [-0.3, -0.25) is 14.9 Å². The SMILES string of the molecule is CC(Nc1ncc([N+](=O)[O-])cn1)C(=O)NC(C)(C)C.